The van der Waals surface area contributed by atoms with Crippen molar-refractivity contribution in [2.24, 2.45) is 0 Å². The van der Waals surface area contributed by atoms with E-state index in [9.17, 15) is 0 Å². The van der Waals surface area contributed by atoms with Crippen LogP contribution in [-0.4, -0.2) is 0 Å². The first-order valence-corrected chi connectivity index (χ1v) is 21.2. The molecule has 0 amide bonds. The molecule has 0 aliphatic heterocycles. The molecule has 294 valence electrons. The SMILES string of the molecule is c1ccc(-c2ccc(N(c3ccc(-c4ccc(N(c5ccc(-c6ccccc6)cc5)c5cccc(-c6ccccc6)c5)cc4)cc3)c3cccc(-c4ccccc4)c3)cc2)cc1. The molecule has 2 nitrogen and oxygen atoms in total. The molecule has 0 bridgehead atoms. The van der Waals surface area contributed by atoms with Crippen LogP contribution in [0.1, 0.15) is 0 Å². The lowest BCUT2D eigenvalue weighted by Gasteiger charge is -2.27. The average molecular weight is 793 g/mol. The van der Waals surface area contributed by atoms with Crippen LogP contribution < -0.4 is 9.80 Å². The summed E-state index contributed by atoms with van der Waals surface area (Å²) in [5, 5.41) is 0. The third-order valence-electron chi connectivity index (χ3n) is 11.5. The molecular weight excluding hydrogens is 749 g/mol. The molecule has 0 fully saturated rings. The van der Waals surface area contributed by atoms with E-state index >= 15 is 0 Å². The van der Waals surface area contributed by atoms with E-state index in [0.717, 1.165) is 45.3 Å². The summed E-state index contributed by atoms with van der Waals surface area (Å²) in [6, 6.07) is 95.5. The lowest BCUT2D eigenvalue weighted by atomic mass is 10.0. The maximum absolute atomic E-state index is 2.35. The van der Waals surface area contributed by atoms with Gasteiger partial charge in [-0.2, -0.15) is 0 Å². The fourth-order valence-corrected chi connectivity index (χ4v) is 8.28. The fraction of sp³-hybridized carbons (Fsp3) is 0. The molecule has 10 aromatic carbocycles. The molecule has 0 saturated heterocycles. The molecule has 0 atom stereocenters. The van der Waals surface area contributed by atoms with Gasteiger partial charge in [-0.3, -0.25) is 0 Å². The summed E-state index contributed by atoms with van der Waals surface area (Å²) in [5.41, 5.74) is 18.4. The number of nitrogens with zero attached hydrogens (tertiary/aromatic N) is 2. The van der Waals surface area contributed by atoms with Crippen LogP contribution in [0.4, 0.5) is 34.1 Å². The molecule has 0 N–H and O–H groups in total. The molecule has 62 heavy (non-hydrogen) atoms. The number of hydrogen-bond donors (Lipinski definition) is 0. The standard InChI is InChI=1S/C60H44N2/c1-5-15-45(16-6-1)49-27-35-55(36-28-49)61(59-25-13-23-53(43-59)47-19-9-3-10-20-47)57-39-31-51(32-40-57)52-33-41-58(42-34-52)62(56-37-29-50(30-38-56)46-17-7-2-8-18-46)60-26-14-24-54(44-60)48-21-11-4-12-22-48/h1-44H. The van der Waals surface area contributed by atoms with Crippen LogP contribution in [0.25, 0.3) is 55.6 Å². The minimum atomic E-state index is 1.09. The van der Waals surface area contributed by atoms with E-state index in [-0.39, 0.29) is 0 Å². The molecule has 2 heteroatoms. The smallest absolute Gasteiger partial charge is 0.0467 e. The van der Waals surface area contributed by atoms with Crippen molar-refractivity contribution in [1.29, 1.82) is 0 Å². The fourth-order valence-electron chi connectivity index (χ4n) is 8.28. The first-order chi connectivity index (χ1) is 30.7. The highest BCUT2D eigenvalue weighted by atomic mass is 15.1. The van der Waals surface area contributed by atoms with Gasteiger partial charge >= 0.3 is 0 Å². The molecule has 0 unspecified atom stereocenters. The Bertz CT molecular complexity index is 2790. The van der Waals surface area contributed by atoms with Gasteiger partial charge in [-0.15, -0.1) is 0 Å². The van der Waals surface area contributed by atoms with Crippen LogP contribution in [0.2, 0.25) is 0 Å². The van der Waals surface area contributed by atoms with Gasteiger partial charge in [0.25, 0.3) is 0 Å². The molecule has 10 rings (SSSR count). The van der Waals surface area contributed by atoms with E-state index < -0.39 is 0 Å². The van der Waals surface area contributed by atoms with Crippen LogP contribution in [0.3, 0.4) is 0 Å². The Labute approximate surface area is 364 Å². The summed E-state index contributed by atoms with van der Waals surface area (Å²) in [5.74, 6) is 0. The van der Waals surface area contributed by atoms with Crippen LogP contribution >= 0.6 is 0 Å². The topological polar surface area (TPSA) is 6.48 Å². The number of rotatable bonds is 11. The summed E-state index contributed by atoms with van der Waals surface area (Å²) >= 11 is 0. The minimum Gasteiger partial charge on any atom is -0.310 e. The Hall–Kier alpha value is -8.20. The largest absolute Gasteiger partial charge is 0.310 e. The van der Waals surface area contributed by atoms with Crippen LogP contribution in [0.15, 0.2) is 267 Å². The molecule has 0 radical (unpaired) electrons. The summed E-state index contributed by atoms with van der Waals surface area (Å²) in [7, 11) is 0. The quantitative estimate of drug-likeness (QED) is 0.129. The van der Waals surface area contributed by atoms with Crippen molar-refractivity contribution in [2.75, 3.05) is 9.80 Å². The maximum Gasteiger partial charge on any atom is 0.0467 e. The highest BCUT2D eigenvalue weighted by Crippen LogP contribution is 2.41. The van der Waals surface area contributed by atoms with Crippen molar-refractivity contribution in [3.05, 3.63) is 267 Å². The van der Waals surface area contributed by atoms with Gasteiger partial charge in [0.2, 0.25) is 0 Å². The van der Waals surface area contributed by atoms with Crippen LogP contribution in [0.5, 0.6) is 0 Å². The highest BCUT2D eigenvalue weighted by molar-refractivity contribution is 5.84. The third-order valence-corrected chi connectivity index (χ3v) is 11.5. The Morgan fingerprint density at radius 1 is 0.145 bits per heavy atom. The van der Waals surface area contributed by atoms with Gasteiger partial charge in [-0.25, -0.2) is 0 Å². The van der Waals surface area contributed by atoms with Gasteiger partial charge in [-0.05, 0) is 128 Å². The normalized spacial score (nSPS) is 10.9. The van der Waals surface area contributed by atoms with Crippen molar-refractivity contribution in [3.63, 3.8) is 0 Å². The molecule has 0 saturated carbocycles. The number of hydrogen-bond acceptors (Lipinski definition) is 2. The monoisotopic (exact) mass is 792 g/mol. The molecule has 0 spiro atoms. The van der Waals surface area contributed by atoms with Crippen molar-refractivity contribution in [3.8, 4) is 55.6 Å². The minimum absolute atomic E-state index is 1.09. The van der Waals surface area contributed by atoms with Crippen LogP contribution in [0, 0.1) is 0 Å². The molecule has 10 aromatic rings. The summed E-state index contributed by atoms with van der Waals surface area (Å²) in [6.45, 7) is 0. The lowest BCUT2D eigenvalue weighted by molar-refractivity contribution is 1.28. The first kappa shape index (κ1) is 38.0. The second kappa shape index (κ2) is 17.6. The van der Waals surface area contributed by atoms with Crippen molar-refractivity contribution >= 4 is 34.1 Å². The van der Waals surface area contributed by atoms with Gasteiger partial charge in [0, 0.05) is 34.1 Å². The zero-order valence-electron chi connectivity index (χ0n) is 34.3. The summed E-state index contributed by atoms with van der Waals surface area (Å²) in [4.78, 5) is 4.69. The van der Waals surface area contributed by atoms with Crippen molar-refractivity contribution in [1.82, 2.24) is 0 Å². The van der Waals surface area contributed by atoms with Crippen molar-refractivity contribution in [2.45, 2.75) is 0 Å². The Kier molecular flexibility index (Phi) is 10.8. The highest BCUT2D eigenvalue weighted by Gasteiger charge is 2.17. The Balaban J connectivity index is 0.983. The van der Waals surface area contributed by atoms with E-state index in [1.54, 1.807) is 0 Å². The lowest BCUT2D eigenvalue weighted by Crippen LogP contribution is -2.10. The van der Waals surface area contributed by atoms with E-state index in [2.05, 4.69) is 277 Å². The molecule has 0 aliphatic rings. The van der Waals surface area contributed by atoms with Gasteiger partial charge in [-0.1, -0.05) is 194 Å². The third kappa shape index (κ3) is 8.18. The molecular formula is C60H44N2. The van der Waals surface area contributed by atoms with Gasteiger partial charge in [0.05, 0.1) is 0 Å². The van der Waals surface area contributed by atoms with E-state index in [4.69, 9.17) is 0 Å². The zero-order valence-corrected chi connectivity index (χ0v) is 34.3. The van der Waals surface area contributed by atoms with Gasteiger partial charge in [0.1, 0.15) is 0 Å². The van der Waals surface area contributed by atoms with E-state index in [1.807, 2.05) is 0 Å². The Morgan fingerprint density at radius 3 is 0.613 bits per heavy atom. The first-order valence-electron chi connectivity index (χ1n) is 21.2. The summed E-state index contributed by atoms with van der Waals surface area (Å²) in [6.07, 6.45) is 0. The molecule has 0 aromatic heterocycles. The Morgan fingerprint density at radius 2 is 0.355 bits per heavy atom. The zero-order chi connectivity index (χ0) is 41.5. The summed E-state index contributed by atoms with van der Waals surface area (Å²) < 4.78 is 0. The molecule has 0 aliphatic carbocycles. The number of anilines is 6. The molecule has 0 heterocycles. The maximum atomic E-state index is 2.35. The predicted molar refractivity (Wildman–Crippen MR) is 263 cm³/mol. The second-order valence-corrected chi connectivity index (χ2v) is 15.4. The van der Waals surface area contributed by atoms with Crippen LogP contribution in [-0.2, 0) is 0 Å². The average Bonchev–Trinajstić information content (AvgIpc) is 3.36. The second-order valence-electron chi connectivity index (χ2n) is 15.4. The van der Waals surface area contributed by atoms with E-state index in [1.165, 1.54) is 44.5 Å². The van der Waals surface area contributed by atoms with E-state index in [0.29, 0.717) is 0 Å². The predicted octanol–water partition coefficient (Wildman–Crippen LogP) is 17.0. The van der Waals surface area contributed by atoms with Gasteiger partial charge < -0.3 is 9.80 Å². The number of benzene rings is 10. The van der Waals surface area contributed by atoms with Gasteiger partial charge in [0.15, 0.2) is 0 Å². The van der Waals surface area contributed by atoms with Crippen molar-refractivity contribution < 1.29 is 0 Å².